The predicted octanol–water partition coefficient (Wildman–Crippen LogP) is 5.64. The molecule has 1 heterocycles. The van der Waals surface area contributed by atoms with Gasteiger partial charge >= 0.3 is 12.1 Å². The zero-order valence-electron chi connectivity index (χ0n) is 21.3. The molecule has 0 bridgehead atoms. The highest BCUT2D eigenvalue weighted by atomic mass is 16.7. The molecule has 0 radical (unpaired) electrons. The summed E-state index contributed by atoms with van der Waals surface area (Å²) in [6.07, 6.45) is -0.641. The molecule has 1 fully saturated rings. The lowest BCUT2D eigenvalue weighted by Crippen LogP contribution is -2.48. The second-order valence-electron chi connectivity index (χ2n) is 9.55. The Morgan fingerprint density at radius 1 is 0.919 bits per heavy atom. The third kappa shape index (κ3) is 6.06. The van der Waals surface area contributed by atoms with Crippen LogP contribution >= 0.6 is 0 Å². The zero-order valence-corrected chi connectivity index (χ0v) is 21.3. The summed E-state index contributed by atoms with van der Waals surface area (Å²) in [6, 6.07) is 26.7. The fourth-order valence-corrected chi connectivity index (χ4v) is 4.57. The molecule has 2 amide bonds. The summed E-state index contributed by atoms with van der Waals surface area (Å²) in [6.45, 7) is 6.08. The van der Waals surface area contributed by atoms with E-state index in [1.165, 1.54) is 4.90 Å². The Labute approximate surface area is 217 Å². The third-order valence-electron chi connectivity index (χ3n) is 6.62. The van der Waals surface area contributed by atoms with E-state index < -0.39 is 24.0 Å². The molecule has 1 aliphatic heterocycles. The molecule has 0 unspecified atom stereocenters. The Kier molecular flexibility index (Phi) is 8.36. The van der Waals surface area contributed by atoms with Crippen LogP contribution in [-0.4, -0.2) is 40.6 Å². The highest BCUT2D eigenvalue weighted by molar-refractivity contribution is 5.95. The van der Waals surface area contributed by atoms with Crippen LogP contribution in [0.3, 0.4) is 0 Å². The number of ether oxygens (including phenoxy) is 1. The number of rotatable bonds is 9. The molecule has 0 aromatic heterocycles. The first kappa shape index (κ1) is 26.1. The van der Waals surface area contributed by atoms with Crippen molar-refractivity contribution in [3.63, 3.8) is 0 Å². The standard InChI is InChI=1S/C30H32N2O5/c1-21(2)26-20-36-30(35)32(26)28(33)22(3)27(24-15-9-5-10-16-24)31(19-23-13-7-4-8-14-23)37-29(34)25-17-11-6-12-18-25/h4-18,21-22,26-27H,19-20H2,1-3H3/t22-,26+,27-/m0/s1. The first-order valence-electron chi connectivity index (χ1n) is 12.5. The molecule has 1 aliphatic rings. The number of imide groups is 1. The second kappa shape index (κ2) is 11.8. The van der Waals surface area contributed by atoms with Crippen molar-refractivity contribution >= 4 is 18.0 Å². The number of hydrogen-bond acceptors (Lipinski definition) is 6. The Morgan fingerprint density at radius 3 is 2.08 bits per heavy atom. The van der Waals surface area contributed by atoms with E-state index in [-0.39, 0.29) is 31.0 Å². The summed E-state index contributed by atoms with van der Waals surface area (Å²) in [7, 11) is 0. The van der Waals surface area contributed by atoms with Crippen molar-refractivity contribution in [2.24, 2.45) is 11.8 Å². The lowest BCUT2D eigenvalue weighted by atomic mass is 9.91. The maximum Gasteiger partial charge on any atom is 0.416 e. The normalized spacial score (nSPS) is 16.9. The van der Waals surface area contributed by atoms with E-state index in [0.29, 0.717) is 5.56 Å². The summed E-state index contributed by atoms with van der Waals surface area (Å²) >= 11 is 0. The van der Waals surface area contributed by atoms with Gasteiger partial charge in [0.05, 0.1) is 30.1 Å². The molecule has 192 valence electrons. The third-order valence-corrected chi connectivity index (χ3v) is 6.62. The van der Waals surface area contributed by atoms with Crippen LogP contribution in [0.1, 0.15) is 48.3 Å². The lowest BCUT2D eigenvalue weighted by molar-refractivity contribution is -0.169. The molecule has 7 nitrogen and oxygen atoms in total. The molecule has 3 aromatic carbocycles. The molecule has 37 heavy (non-hydrogen) atoms. The van der Waals surface area contributed by atoms with E-state index in [1.54, 1.807) is 36.3 Å². The summed E-state index contributed by atoms with van der Waals surface area (Å²) in [5.74, 6) is -1.60. The van der Waals surface area contributed by atoms with Crippen molar-refractivity contribution in [3.8, 4) is 0 Å². The smallest absolute Gasteiger partial charge is 0.416 e. The average molecular weight is 501 g/mol. The van der Waals surface area contributed by atoms with Crippen molar-refractivity contribution in [1.82, 2.24) is 9.96 Å². The molecule has 1 saturated heterocycles. The van der Waals surface area contributed by atoms with E-state index in [1.807, 2.05) is 80.6 Å². The first-order chi connectivity index (χ1) is 17.9. The van der Waals surface area contributed by atoms with Crippen LogP contribution in [0.5, 0.6) is 0 Å². The number of cyclic esters (lactones) is 1. The van der Waals surface area contributed by atoms with Crippen LogP contribution < -0.4 is 0 Å². The Balaban J connectivity index is 1.73. The molecule has 0 aliphatic carbocycles. The van der Waals surface area contributed by atoms with E-state index >= 15 is 0 Å². The number of benzene rings is 3. The molecular weight excluding hydrogens is 468 g/mol. The minimum absolute atomic E-state index is 0.0362. The molecule has 4 rings (SSSR count). The van der Waals surface area contributed by atoms with Gasteiger partial charge in [0.2, 0.25) is 5.91 Å². The highest BCUT2D eigenvalue weighted by Gasteiger charge is 2.44. The number of carbonyl (C=O) groups excluding carboxylic acids is 3. The van der Waals surface area contributed by atoms with Crippen molar-refractivity contribution in [2.75, 3.05) is 6.61 Å². The number of hydroxylamine groups is 2. The van der Waals surface area contributed by atoms with E-state index in [9.17, 15) is 14.4 Å². The van der Waals surface area contributed by atoms with Gasteiger partial charge in [0, 0.05) is 0 Å². The highest BCUT2D eigenvalue weighted by Crippen LogP contribution is 2.34. The number of hydrogen-bond donors (Lipinski definition) is 0. The van der Waals surface area contributed by atoms with Crippen LogP contribution in [0.4, 0.5) is 4.79 Å². The maximum absolute atomic E-state index is 13.9. The molecule has 3 atom stereocenters. The minimum atomic E-state index is -0.735. The number of amides is 2. The van der Waals surface area contributed by atoms with Crippen molar-refractivity contribution in [1.29, 1.82) is 0 Å². The van der Waals surface area contributed by atoms with Gasteiger partial charge < -0.3 is 9.57 Å². The van der Waals surface area contributed by atoms with Gasteiger partial charge in [-0.25, -0.2) is 14.5 Å². The maximum atomic E-state index is 13.9. The van der Waals surface area contributed by atoms with Crippen LogP contribution in [-0.2, 0) is 20.9 Å². The average Bonchev–Trinajstić information content (AvgIpc) is 3.31. The monoisotopic (exact) mass is 500 g/mol. The molecule has 0 spiro atoms. The summed E-state index contributed by atoms with van der Waals surface area (Å²) in [5, 5.41) is 1.55. The van der Waals surface area contributed by atoms with Gasteiger partial charge in [0.15, 0.2) is 0 Å². The number of nitrogens with zero attached hydrogens (tertiary/aromatic N) is 2. The van der Waals surface area contributed by atoms with Gasteiger partial charge in [-0.15, -0.1) is 5.06 Å². The zero-order chi connectivity index (χ0) is 26.4. The minimum Gasteiger partial charge on any atom is -0.447 e. The predicted molar refractivity (Wildman–Crippen MR) is 139 cm³/mol. The SMILES string of the molecule is CC(C)[C@H]1COC(=O)N1C(=O)[C@@H](C)[C@@H](c1ccccc1)N(Cc1ccccc1)OC(=O)c1ccccc1. The van der Waals surface area contributed by atoms with Gasteiger partial charge in [0.25, 0.3) is 0 Å². The molecule has 7 heteroatoms. The quantitative estimate of drug-likeness (QED) is 0.354. The molecule has 0 saturated carbocycles. The molecular formula is C30H32N2O5. The van der Waals surface area contributed by atoms with Gasteiger partial charge in [0.1, 0.15) is 6.61 Å². The van der Waals surface area contributed by atoms with Gasteiger partial charge in [-0.05, 0) is 29.2 Å². The van der Waals surface area contributed by atoms with Crippen LogP contribution in [0.2, 0.25) is 0 Å². The van der Waals surface area contributed by atoms with Crippen LogP contribution in [0, 0.1) is 11.8 Å². The van der Waals surface area contributed by atoms with E-state index in [2.05, 4.69) is 0 Å². The van der Waals surface area contributed by atoms with Gasteiger partial charge in [-0.1, -0.05) is 99.6 Å². The van der Waals surface area contributed by atoms with Crippen LogP contribution in [0.15, 0.2) is 91.0 Å². The Bertz CT molecular complexity index is 1200. The van der Waals surface area contributed by atoms with E-state index in [0.717, 1.165) is 11.1 Å². The van der Waals surface area contributed by atoms with Gasteiger partial charge in [-0.3, -0.25) is 4.79 Å². The Morgan fingerprint density at radius 2 is 1.49 bits per heavy atom. The summed E-state index contributed by atoms with van der Waals surface area (Å²) < 4.78 is 5.24. The molecule has 0 N–H and O–H groups in total. The summed E-state index contributed by atoms with van der Waals surface area (Å²) in [4.78, 5) is 46.9. The summed E-state index contributed by atoms with van der Waals surface area (Å²) in [5.41, 5.74) is 2.09. The molecule has 3 aromatic rings. The fraction of sp³-hybridized carbons (Fsp3) is 0.300. The fourth-order valence-electron chi connectivity index (χ4n) is 4.57. The lowest BCUT2D eigenvalue weighted by Gasteiger charge is -2.35. The first-order valence-corrected chi connectivity index (χ1v) is 12.5. The van der Waals surface area contributed by atoms with Crippen molar-refractivity contribution in [2.45, 2.75) is 39.4 Å². The van der Waals surface area contributed by atoms with Crippen LogP contribution in [0.25, 0.3) is 0 Å². The number of carbonyl (C=O) groups is 3. The van der Waals surface area contributed by atoms with E-state index in [4.69, 9.17) is 9.57 Å². The van der Waals surface area contributed by atoms with Crippen molar-refractivity contribution in [3.05, 3.63) is 108 Å². The topological polar surface area (TPSA) is 76.2 Å². The largest absolute Gasteiger partial charge is 0.447 e. The Hall–Kier alpha value is -3.97. The van der Waals surface area contributed by atoms with Gasteiger partial charge in [-0.2, -0.15) is 0 Å². The second-order valence-corrected chi connectivity index (χ2v) is 9.55. The van der Waals surface area contributed by atoms with Crippen molar-refractivity contribution < 1.29 is 24.0 Å².